The van der Waals surface area contributed by atoms with Gasteiger partial charge in [-0.1, -0.05) is 12.1 Å². The number of hydrogen-bond acceptors (Lipinski definition) is 5. The van der Waals surface area contributed by atoms with Crippen LogP contribution < -0.4 is 10.5 Å². The summed E-state index contributed by atoms with van der Waals surface area (Å²) in [5, 5.41) is 8.56. The van der Waals surface area contributed by atoms with Crippen LogP contribution in [0.15, 0.2) is 34.9 Å². The van der Waals surface area contributed by atoms with Gasteiger partial charge in [0.2, 0.25) is 0 Å². The van der Waals surface area contributed by atoms with E-state index in [1.54, 1.807) is 18.2 Å². The van der Waals surface area contributed by atoms with Crippen molar-refractivity contribution in [2.45, 2.75) is 6.42 Å². The Kier molecular flexibility index (Phi) is 3.75. The third-order valence-corrected chi connectivity index (χ3v) is 2.52. The van der Waals surface area contributed by atoms with E-state index in [-0.39, 0.29) is 6.01 Å². The normalized spacial score (nSPS) is 9.78. The highest BCUT2D eigenvalue weighted by atomic mass is 79.9. The van der Waals surface area contributed by atoms with Crippen molar-refractivity contribution in [1.82, 2.24) is 9.97 Å². The van der Waals surface area contributed by atoms with Gasteiger partial charge in [-0.2, -0.15) is 15.2 Å². The molecule has 0 atom stereocenters. The number of benzene rings is 1. The molecule has 1 heterocycles. The molecule has 90 valence electrons. The average Bonchev–Trinajstić information content (AvgIpc) is 2.31. The molecule has 5 nitrogen and oxygen atoms in total. The summed E-state index contributed by atoms with van der Waals surface area (Å²) >= 11 is 3.21. The molecule has 0 amide bonds. The number of anilines is 1. The highest BCUT2D eigenvalue weighted by molar-refractivity contribution is 9.10. The smallest absolute Gasteiger partial charge is 0.325 e. The van der Waals surface area contributed by atoms with Gasteiger partial charge >= 0.3 is 6.01 Å². The highest BCUT2D eigenvalue weighted by Crippen LogP contribution is 2.21. The first kappa shape index (κ1) is 12.3. The van der Waals surface area contributed by atoms with Crippen molar-refractivity contribution >= 4 is 21.7 Å². The van der Waals surface area contributed by atoms with Crippen LogP contribution in [-0.4, -0.2) is 9.97 Å². The number of aromatic nitrogens is 2. The summed E-state index contributed by atoms with van der Waals surface area (Å²) in [6.45, 7) is 0. The lowest BCUT2D eigenvalue weighted by atomic mass is 10.2. The van der Waals surface area contributed by atoms with Crippen LogP contribution >= 0.6 is 15.9 Å². The van der Waals surface area contributed by atoms with Gasteiger partial charge in [0.25, 0.3) is 0 Å². The van der Waals surface area contributed by atoms with Gasteiger partial charge in [0.05, 0.1) is 12.5 Å². The molecular formula is C12H9BrN4O. The van der Waals surface area contributed by atoms with Gasteiger partial charge in [-0.15, -0.1) is 0 Å². The Labute approximate surface area is 112 Å². The van der Waals surface area contributed by atoms with E-state index >= 15 is 0 Å². The molecule has 0 aliphatic heterocycles. The van der Waals surface area contributed by atoms with Crippen molar-refractivity contribution in [3.8, 4) is 17.8 Å². The number of halogens is 1. The van der Waals surface area contributed by atoms with Crippen LogP contribution in [0.3, 0.4) is 0 Å². The molecule has 0 radical (unpaired) electrons. The van der Waals surface area contributed by atoms with Crippen molar-refractivity contribution in [3.05, 3.63) is 40.5 Å². The number of nitrogen functional groups attached to an aromatic ring is 1. The first-order chi connectivity index (χ1) is 8.67. The molecule has 1 aromatic carbocycles. The minimum absolute atomic E-state index is 0.176. The van der Waals surface area contributed by atoms with Crippen molar-refractivity contribution in [3.63, 3.8) is 0 Å². The molecule has 0 fully saturated rings. The molecule has 18 heavy (non-hydrogen) atoms. The molecule has 6 heteroatoms. The molecular weight excluding hydrogens is 296 g/mol. The summed E-state index contributed by atoms with van der Waals surface area (Å²) in [5.41, 5.74) is 6.51. The molecule has 2 N–H and O–H groups in total. The predicted molar refractivity (Wildman–Crippen MR) is 70.0 cm³/mol. The third-order valence-electron chi connectivity index (χ3n) is 2.11. The molecule has 0 spiro atoms. The zero-order valence-corrected chi connectivity index (χ0v) is 10.9. The minimum Gasteiger partial charge on any atom is -0.424 e. The zero-order valence-electron chi connectivity index (χ0n) is 9.30. The van der Waals surface area contributed by atoms with Crippen LogP contribution in [0.2, 0.25) is 0 Å². The van der Waals surface area contributed by atoms with E-state index in [0.29, 0.717) is 22.6 Å². The topological polar surface area (TPSA) is 84.8 Å². The standard InChI is InChI=1S/C12H9BrN4O/c13-10-7-11(15)17-12(16-10)18-9-3-1-8(2-4-9)5-6-14/h1-4,7H,5H2,(H2,15,16,17). The molecule has 0 aliphatic carbocycles. The summed E-state index contributed by atoms with van der Waals surface area (Å²) in [7, 11) is 0. The van der Waals surface area contributed by atoms with E-state index < -0.39 is 0 Å². The van der Waals surface area contributed by atoms with Gasteiger partial charge in [0, 0.05) is 6.07 Å². The fourth-order valence-corrected chi connectivity index (χ4v) is 1.72. The average molecular weight is 305 g/mol. The van der Waals surface area contributed by atoms with E-state index in [1.165, 1.54) is 0 Å². The van der Waals surface area contributed by atoms with E-state index in [1.807, 2.05) is 12.1 Å². The SMILES string of the molecule is N#CCc1ccc(Oc2nc(N)cc(Br)n2)cc1. The minimum atomic E-state index is 0.176. The zero-order chi connectivity index (χ0) is 13.0. The second-order valence-electron chi connectivity index (χ2n) is 3.48. The lowest BCUT2D eigenvalue weighted by Gasteiger charge is -2.05. The van der Waals surface area contributed by atoms with Gasteiger partial charge in [-0.3, -0.25) is 0 Å². The number of nitriles is 1. The lowest BCUT2D eigenvalue weighted by molar-refractivity contribution is 0.441. The molecule has 0 aliphatic rings. The number of nitrogens with zero attached hydrogens (tertiary/aromatic N) is 3. The fourth-order valence-electron chi connectivity index (χ4n) is 1.33. The Morgan fingerprint density at radius 3 is 2.61 bits per heavy atom. The van der Waals surface area contributed by atoms with Crippen molar-refractivity contribution in [2.24, 2.45) is 0 Å². The Balaban J connectivity index is 2.16. The van der Waals surface area contributed by atoms with Gasteiger partial charge in [0.1, 0.15) is 16.2 Å². The lowest BCUT2D eigenvalue weighted by Crippen LogP contribution is -1.97. The Morgan fingerprint density at radius 1 is 1.28 bits per heavy atom. The quantitative estimate of drug-likeness (QED) is 0.881. The van der Waals surface area contributed by atoms with Crippen LogP contribution in [0.5, 0.6) is 11.8 Å². The van der Waals surface area contributed by atoms with E-state index in [0.717, 1.165) is 5.56 Å². The van der Waals surface area contributed by atoms with Gasteiger partial charge in [-0.25, -0.2) is 0 Å². The molecule has 0 bridgehead atoms. The number of nitrogens with two attached hydrogens (primary N) is 1. The van der Waals surface area contributed by atoms with E-state index in [4.69, 9.17) is 15.7 Å². The van der Waals surface area contributed by atoms with Crippen molar-refractivity contribution in [2.75, 3.05) is 5.73 Å². The number of ether oxygens (including phenoxy) is 1. The molecule has 0 saturated carbocycles. The summed E-state index contributed by atoms with van der Waals surface area (Å²) in [4.78, 5) is 7.99. The molecule has 2 rings (SSSR count). The molecule has 2 aromatic rings. The van der Waals surface area contributed by atoms with E-state index in [2.05, 4.69) is 32.0 Å². The van der Waals surface area contributed by atoms with E-state index in [9.17, 15) is 0 Å². The molecule has 1 aromatic heterocycles. The van der Waals surface area contributed by atoms with Gasteiger partial charge in [-0.05, 0) is 33.6 Å². The van der Waals surface area contributed by atoms with Crippen LogP contribution in [0, 0.1) is 11.3 Å². The monoisotopic (exact) mass is 304 g/mol. The first-order valence-corrected chi connectivity index (χ1v) is 5.90. The first-order valence-electron chi connectivity index (χ1n) is 5.11. The maximum atomic E-state index is 8.56. The van der Waals surface area contributed by atoms with Crippen LogP contribution in [0.25, 0.3) is 0 Å². The Hall–Kier alpha value is -2.13. The Morgan fingerprint density at radius 2 is 2.00 bits per heavy atom. The second-order valence-corrected chi connectivity index (χ2v) is 4.29. The molecule has 0 saturated heterocycles. The van der Waals surface area contributed by atoms with Gasteiger partial charge in [0.15, 0.2) is 0 Å². The van der Waals surface area contributed by atoms with Gasteiger partial charge < -0.3 is 10.5 Å². The van der Waals surface area contributed by atoms with Crippen LogP contribution in [0.1, 0.15) is 5.56 Å². The maximum Gasteiger partial charge on any atom is 0.325 e. The summed E-state index contributed by atoms with van der Waals surface area (Å²) in [6, 6.07) is 11.0. The number of rotatable bonds is 3. The second kappa shape index (κ2) is 5.47. The number of hydrogen-bond donors (Lipinski definition) is 1. The molecule has 0 unspecified atom stereocenters. The maximum absolute atomic E-state index is 8.56. The summed E-state index contributed by atoms with van der Waals surface area (Å²) in [6.07, 6.45) is 0.376. The van der Waals surface area contributed by atoms with Crippen molar-refractivity contribution < 1.29 is 4.74 Å². The van der Waals surface area contributed by atoms with Crippen LogP contribution in [0.4, 0.5) is 5.82 Å². The summed E-state index contributed by atoms with van der Waals surface area (Å²) in [5.74, 6) is 0.919. The van der Waals surface area contributed by atoms with Crippen molar-refractivity contribution in [1.29, 1.82) is 5.26 Å². The highest BCUT2D eigenvalue weighted by Gasteiger charge is 2.03. The third kappa shape index (κ3) is 3.18. The fraction of sp³-hybridized carbons (Fsp3) is 0.0833. The Bertz CT molecular complexity index is 572. The largest absolute Gasteiger partial charge is 0.424 e. The van der Waals surface area contributed by atoms with Crippen LogP contribution in [-0.2, 0) is 6.42 Å². The summed E-state index contributed by atoms with van der Waals surface area (Å²) < 4.78 is 6.02. The predicted octanol–water partition coefficient (Wildman–Crippen LogP) is 2.68.